The topological polar surface area (TPSA) is 81.5 Å². The van der Waals surface area contributed by atoms with Gasteiger partial charge in [-0.2, -0.15) is 0 Å². The van der Waals surface area contributed by atoms with Gasteiger partial charge in [0, 0.05) is 12.6 Å². The number of halogens is 3. The van der Waals surface area contributed by atoms with E-state index >= 15 is 0 Å². The van der Waals surface area contributed by atoms with Gasteiger partial charge < -0.3 is 24.3 Å². The third-order valence-electron chi connectivity index (χ3n) is 5.74. The molecule has 0 aliphatic carbocycles. The lowest BCUT2D eigenvalue weighted by Crippen LogP contribution is -2.17. The van der Waals surface area contributed by atoms with Crippen LogP contribution in [0.15, 0.2) is 36.4 Å². The summed E-state index contributed by atoms with van der Waals surface area (Å²) in [6, 6.07) is 9.47. The number of hydrogen-bond acceptors (Lipinski definition) is 8. The maximum absolute atomic E-state index is 12.6. The molecule has 1 saturated heterocycles. The van der Waals surface area contributed by atoms with E-state index in [1.165, 1.54) is 29.5 Å². The number of nitrogens with zero attached hydrogens (tertiary/aromatic N) is 4. The molecule has 12 heteroatoms. The minimum absolute atomic E-state index is 0.155. The highest BCUT2D eigenvalue weighted by Gasteiger charge is 2.31. The fourth-order valence-electron chi connectivity index (χ4n) is 4.27. The molecule has 1 aliphatic rings. The third-order valence-corrected chi connectivity index (χ3v) is 6.68. The Morgan fingerprint density at radius 2 is 2.03 bits per heavy atom. The smallest absolute Gasteiger partial charge is 0.462 e. The summed E-state index contributed by atoms with van der Waals surface area (Å²) >= 11 is 1.20. The van der Waals surface area contributed by atoms with E-state index in [4.69, 9.17) is 9.72 Å². The molecule has 1 N–H and O–H groups in total. The summed E-state index contributed by atoms with van der Waals surface area (Å²) < 4.78 is 49.5. The number of alkyl halides is 3. The third kappa shape index (κ3) is 4.89. The van der Waals surface area contributed by atoms with Crippen LogP contribution in [0, 0.1) is 0 Å². The molecular weight excluding hydrogens is 483 g/mol. The van der Waals surface area contributed by atoms with Crippen molar-refractivity contribution in [3.8, 4) is 5.75 Å². The zero-order valence-electron chi connectivity index (χ0n) is 18.9. The lowest BCUT2D eigenvalue weighted by atomic mass is 10.2. The van der Waals surface area contributed by atoms with Crippen LogP contribution < -0.4 is 10.1 Å². The first kappa shape index (κ1) is 23.4. The molecule has 3 heterocycles. The highest BCUT2D eigenvalue weighted by atomic mass is 32.1. The van der Waals surface area contributed by atoms with Crippen molar-refractivity contribution in [1.29, 1.82) is 0 Å². The summed E-state index contributed by atoms with van der Waals surface area (Å²) in [5, 5.41) is 3.73. The van der Waals surface area contributed by atoms with Crippen molar-refractivity contribution in [2.45, 2.75) is 25.7 Å². The van der Waals surface area contributed by atoms with E-state index < -0.39 is 12.3 Å². The lowest BCUT2D eigenvalue weighted by molar-refractivity contribution is -0.274. The maximum Gasteiger partial charge on any atom is 0.573 e. The van der Waals surface area contributed by atoms with Crippen LogP contribution in [-0.4, -0.2) is 58.5 Å². The van der Waals surface area contributed by atoms with E-state index in [9.17, 15) is 18.0 Å². The summed E-state index contributed by atoms with van der Waals surface area (Å²) in [7, 11) is 2.05. The Bertz CT molecular complexity index is 1400. The molecule has 0 radical (unpaired) electrons. The Morgan fingerprint density at radius 3 is 2.74 bits per heavy atom. The number of rotatable bonds is 6. The van der Waals surface area contributed by atoms with Crippen LogP contribution in [-0.2, 0) is 4.74 Å². The van der Waals surface area contributed by atoms with Crippen LogP contribution in [0.4, 0.5) is 24.3 Å². The molecule has 184 valence electrons. The van der Waals surface area contributed by atoms with E-state index in [0.29, 0.717) is 32.4 Å². The number of imidazole rings is 1. The standard InChI is InChI=1S/C23H22F3N5O3S/c1-3-33-20(32)13-4-7-18-17(10-13)27-21(31(18)14-8-9-30(2)12-14)29-22-28-16-6-5-15(11-19(16)35-22)34-23(24,25)26/h4-7,10-11,14H,3,8-9,12H2,1-2H3,(H,27,28,29). The molecular formula is C23H22F3N5O3S. The number of nitrogens with one attached hydrogen (secondary N) is 1. The van der Waals surface area contributed by atoms with Crippen molar-refractivity contribution >= 4 is 49.6 Å². The summed E-state index contributed by atoms with van der Waals surface area (Å²) in [5.41, 5.74) is 2.45. The SMILES string of the molecule is CCOC(=O)c1ccc2c(c1)nc(Nc1nc3ccc(OC(F)(F)F)cc3s1)n2C1CCN(C)C1. The molecule has 4 aromatic rings. The van der Waals surface area contributed by atoms with Gasteiger partial charge in [0.2, 0.25) is 5.95 Å². The minimum atomic E-state index is -4.76. The normalized spacial score (nSPS) is 16.8. The predicted octanol–water partition coefficient (Wildman–Crippen LogP) is 5.34. The van der Waals surface area contributed by atoms with Crippen LogP contribution in [0.2, 0.25) is 0 Å². The average molecular weight is 506 g/mol. The number of fused-ring (bicyclic) bond motifs is 2. The molecule has 0 saturated carbocycles. The Hall–Kier alpha value is -3.38. The van der Waals surface area contributed by atoms with Crippen LogP contribution in [0.5, 0.6) is 5.75 Å². The number of ether oxygens (including phenoxy) is 2. The Labute approximate surface area is 202 Å². The largest absolute Gasteiger partial charge is 0.573 e. The first-order chi connectivity index (χ1) is 16.7. The van der Waals surface area contributed by atoms with Crippen LogP contribution >= 0.6 is 11.3 Å². The molecule has 1 fully saturated rings. The number of anilines is 2. The van der Waals surface area contributed by atoms with Crippen molar-refractivity contribution in [2.24, 2.45) is 0 Å². The second-order valence-electron chi connectivity index (χ2n) is 8.26. The van der Waals surface area contributed by atoms with E-state index in [-0.39, 0.29) is 18.4 Å². The van der Waals surface area contributed by atoms with Crippen LogP contribution in [0.25, 0.3) is 21.3 Å². The Morgan fingerprint density at radius 1 is 1.20 bits per heavy atom. The number of thiazole rings is 1. The maximum atomic E-state index is 12.6. The lowest BCUT2D eigenvalue weighted by Gasteiger charge is -2.17. The summed E-state index contributed by atoms with van der Waals surface area (Å²) in [5.74, 6) is -0.165. The molecule has 35 heavy (non-hydrogen) atoms. The highest BCUT2D eigenvalue weighted by Crippen LogP contribution is 2.35. The van der Waals surface area contributed by atoms with Gasteiger partial charge >= 0.3 is 12.3 Å². The zero-order chi connectivity index (χ0) is 24.7. The number of hydrogen-bond donors (Lipinski definition) is 1. The number of carbonyl (C=O) groups is 1. The summed E-state index contributed by atoms with van der Waals surface area (Å²) in [4.78, 5) is 23.7. The monoisotopic (exact) mass is 505 g/mol. The van der Waals surface area contributed by atoms with Gasteiger partial charge in [-0.1, -0.05) is 11.3 Å². The number of likely N-dealkylation sites (N-methyl/N-ethyl adjacent to an activating group) is 1. The second-order valence-corrected chi connectivity index (χ2v) is 9.29. The van der Waals surface area contributed by atoms with Crippen molar-refractivity contribution in [2.75, 3.05) is 32.1 Å². The number of benzene rings is 2. The highest BCUT2D eigenvalue weighted by molar-refractivity contribution is 7.22. The summed E-state index contributed by atoms with van der Waals surface area (Å²) in [6.07, 6.45) is -3.84. The van der Waals surface area contributed by atoms with Crippen molar-refractivity contribution in [3.05, 3.63) is 42.0 Å². The van der Waals surface area contributed by atoms with Gasteiger partial charge in [-0.05, 0) is 57.3 Å². The van der Waals surface area contributed by atoms with Crippen LogP contribution in [0.1, 0.15) is 29.7 Å². The number of aromatic nitrogens is 3. The van der Waals surface area contributed by atoms with E-state index in [2.05, 4.69) is 31.6 Å². The molecule has 1 atom stereocenters. The molecule has 2 aromatic carbocycles. The van der Waals surface area contributed by atoms with E-state index in [0.717, 1.165) is 25.0 Å². The molecule has 0 bridgehead atoms. The molecule has 2 aromatic heterocycles. The molecule has 0 amide bonds. The van der Waals surface area contributed by atoms with Gasteiger partial charge in [0.05, 0.1) is 39.5 Å². The first-order valence-electron chi connectivity index (χ1n) is 11.0. The molecule has 1 unspecified atom stereocenters. The van der Waals surface area contributed by atoms with E-state index in [1.54, 1.807) is 19.1 Å². The van der Waals surface area contributed by atoms with Gasteiger partial charge in [-0.25, -0.2) is 14.8 Å². The van der Waals surface area contributed by atoms with Gasteiger partial charge in [0.15, 0.2) is 5.13 Å². The van der Waals surface area contributed by atoms with Crippen molar-refractivity contribution in [1.82, 2.24) is 19.4 Å². The number of esters is 1. The van der Waals surface area contributed by atoms with Gasteiger partial charge in [-0.15, -0.1) is 13.2 Å². The summed E-state index contributed by atoms with van der Waals surface area (Å²) in [6.45, 7) is 3.80. The van der Waals surface area contributed by atoms with Crippen LogP contribution in [0.3, 0.4) is 0 Å². The number of carbonyl (C=O) groups excluding carboxylic acids is 1. The van der Waals surface area contributed by atoms with E-state index in [1.807, 2.05) is 6.07 Å². The fraction of sp³-hybridized carbons (Fsp3) is 0.348. The molecule has 5 rings (SSSR count). The van der Waals surface area contributed by atoms with Crippen molar-refractivity contribution in [3.63, 3.8) is 0 Å². The van der Waals surface area contributed by atoms with Crippen molar-refractivity contribution < 1.29 is 27.4 Å². The number of likely N-dealkylation sites (tertiary alicyclic amines) is 1. The first-order valence-corrected chi connectivity index (χ1v) is 11.8. The van der Waals surface area contributed by atoms with Gasteiger partial charge in [0.1, 0.15) is 5.75 Å². The fourth-order valence-corrected chi connectivity index (χ4v) is 5.16. The predicted molar refractivity (Wildman–Crippen MR) is 126 cm³/mol. The molecule has 0 spiro atoms. The molecule has 1 aliphatic heterocycles. The second kappa shape index (κ2) is 9.00. The zero-order valence-corrected chi connectivity index (χ0v) is 19.7. The Kier molecular flexibility index (Phi) is 6.01. The minimum Gasteiger partial charge on any atom is -0.462 e. The quantitative estimate of drug-likeness (QED) is 0.354. The Balaban J connectivity index is 1.52. The molecule has 8 nitrogen and oxygen atoms in total. The van der Waals surface area contributed by atoms with Gasteiger partial charge in [0.25, 0.3) is 0 Å². The van der Waals surface area contributed by atoms with Gasteiger partial charge in [-0.3, -0.25) is 0 Å². The average Bonchev–Trinajstić information content (AvgIpc) is 3.48.